The van der Waals surface area contributed by atoms with Crippen molar-refractivity contribution in [1.29, 1.82) is 0 Å². The lowest BCUT2D eigenvalue weighted by atomic mass is 10.1. The maximum Gasteiger partial charge on any atom is 0.295 e. The molecule has 0 spiro atoms. The molecular weight excluding hydrogens is 232 g/mol. The van der Waals surface area contributed by atoms with Gasteiger partial charge in [-0.25, -0.2) is 0 Å². The van der Waals surface area contributed by atoms with E-state index < -0.39 is 15.0 Å². The molecule has 0 aliphatic heterocycles. The van der Waals surface area contributed by atoms with E-state index in [9.17, 15) is 18.6 Å². The van der Waals surface area contributed by atoms with E-state index in [2.05, 4.69) is 0 Å². The van der Waals surface area contributed by atoms with Gasteiger partial charge in [0.1, 0.15) is 16.4 Å². The molecule has 0 radical (unpaired) electrons. The van der Waals surface area contributed by atoms with Crippen molar-refractivity contribution < 1.29 is 23.2 Å². The first kappa shape index (κ1) is 10.7. The third-order valence-electron chi connectivity index (χ3n) is 2.20. The Hall–Kier alpha value is -1.79. The van der Waals surface area contributed by atoms with Crippen molar-refractivity contribution in [1.82, 2.24) is 0 Å². The van der Waals surface area contributed by atoms with Gasteiger partial charge in [0.05, 0.1) is 0 Å². The fraction of sp³-hybridized carbons (Fsp3) is 0. The Kier molecular flexibility index (Phi) is 2.25. The highest BCUT2D eigenvalue weighted by Gasteiger charge is 2.16. The Morgan fingerprint density at radius 3 is 2.31 bits per heavy atom. The second-order valence-corrected chi connectivity index (χ2v) is 4.68. The summed E-state index contributed by atoms with van der Waals surface area (Å²) in [4.78, 5) is -0.432. The second-order valence-electron chi connectivity index (χ2n) is 3.29. The number of hydrogen-bond donors (Lipinski definition) is 3. The molecule has 0 saturated carbocycles. The highest BCUT2D eigenvalue weighted by Crippen LogP contribution is 2.32. The van der Waals surface area contributed by atoms with Gasteiger partial charge in [0, 0.05) is 16.8 Å². The minimum atomic E-state index is -4.44. The van der Waals surface area contributed by atoms with Crippen LogP contribution in [0.15, 0.2) is 35.2 Å². The van der Waals surface area contributed by atoms with E-state index in [1.54, 1.807) is 0 Å². The zero-order chi connectivity index (χ0) is 11.9. The molecule has 6 heteroatoms. The van der Waals surface area contributed by atoms with Crippen LogP contribution in [-0.4, -0.2) is 23.2 Å². The molecule has 3 N–H and O–H groups in total. The lowest BCUT2D eigenvalue weighted by Gasteiger charge is -2.06. The Morgan fingerprint density at radius 1 is 1.00 bits per heavy atom. The summed E-state index contributed by atoms with van der Waals surface area (Å²) in [6.45, 7) is 0. The van der Waals surface area contributed by atoms with Gasteiger partial charge >= 0.3 is 0 Å². The van der Waals surface area contributed by atoms with Gasteiger partial charge in [0.15, 0.2) is 0 Å². The molecule has 84 valence electrons. The number of aromatic hydroxyl groups is 2. The van der Waals surface area contributed by atoms with Crippen LogP contribution in [0.3, 0.4) is 0 Å². The Balaban J connectivity index is 3.01. The molecular formula is C10H8O5S. The molecule has 0 fully saturated rings. The van der Waals surface area contributed by atoms with Crippen LogP contribution in [0.2, 0.25) is 0 Å². The first-order valence-corrected chi connectivity index (χ1v) is 5.76. The van der Waals surface area contributed by atoms with Gasteiger partial charge in [0.25, 0.3) is 10.1 Å². The van der Waals surface area contributed by atoms with Crippen LogP contribution < -0.4 is 0 Å². The predicted molar refractivity (Wildman–Crippen MR) is 57.1 cm³/mol. The largest absolute Gasteiger partial charge is 0.508 e. The van der Waals surface area contributed by atoms with Crippen LogP contribution in [0.4, 0.5) is 0 Å². The molecule has 0 amide bonds. The molecule has 0 unspecified atom stereocenters. The van der Waals surface area contributed by atoms with Crippen LogP contribution >= 0.6 is 0 Å². The molecule has 2 aromatic carbocycles. The summed E-state index contributed by atoms with van der Waals surface area (Å²) < 4.78 is 31.1. The summed E-state index contributed by atoms with van der Waals surface area (Å²) in [7, 11) is -4.44. The van der Waals surface area contributed by atoms with E-state index in [1.165, 1.54) is 24.3 Å². The Morgan fingerprint density at radius 2 is 1.69 bits per heavy atom. The molecule has 0 saturated heterocycles. The molecule has 2 aromatic rings. The number of benzene rings is 2. The summed E-state index contributed by atoms with van der Waals surface area (Å²) in [6, 6.07) is 6.38. The lowest BCUT2D eigenvalue weighted by molar-refractivity contribution is 0.465. The van der Waals surface area contributed by atoms with Crippen molar-refractivity contribution in [2.75, 3.05) is 0 Å². The van der Waals surface area contributed by atoms with Crippen molar-refractivity contribution >= 4 is 20.9 Å². The summed E-state index contributed by atoms with van der Waals surface area (Å²) in [6.07, 6.45) is 0. The van der Waals surface area contributed by atoms with E-state index >= 15 is 0 Å². The van der Waals surface area contributed by atoms with E-state index in [0.29, 0.717) is 0 Å². The topological polar surface area (TPSA) is 94.8 Å². The number of hydrogen-bond acceptors (Lipinski definition) is 4. The van der Waals surface area contributed by atoms with Crippen molar-refractivity contribution in [3.63, 3.8) is 0 Å². The molecule has 0 aliphatic rings. The quantitative estimate of drug-likeness (QED) is 0.656. The summed E-state index contributed by atoms with van der Waals surface area (Å²) in [5.41, 5.74) is 0. The fourth-order valence-electron chi connectivity index (χ4n) is 1.53. The highest BCUT2D eigenvalue weighted by molar-refractivity contribution is 7.86. The normalized spacial score (nSPS) is 11.8. The average molecular weight is 240 g/mol. The van der Waals surface area contributed by atoms with E-state index in [1.807, 2.05) is 0 Å². The number of phenols is 2. The molecule has 16 heavy (non-hydrogen) atoms. The third kappa shape index (κ3) is 1.68. The minimum Gasteiger partial charge on any atom is -0.508 e. The van der Waals surface area contributed by atoms with Crippen LogP contribution in [0, 0.1) is 0 Å². The van der Waals surface area contributed by atoms with Crippen LogP contribution in [0.5, 0.6) is 11.5 Å². The summed E-state index contributed by atoms with van der Waals surface area (Å²) in [5, 5.41) is 19.1. The Bertz CT molecular complexity index is 660. The number of fused-ring (bicyclic) bond motifs is 1. The predicted octanol–water partition coefficient (Wildman–Crippen LogP) is 1.50. The standard InChI is InChI=1S/C10H8O5S/c11-6-4-8-7(2-1-3-9(8)12)10(5-6)16(13,14)15/h1-5,11-12H,(H,13,14,15). The van der Waals surface area contributed by atoms with E-state index in [4.69, 9.17) is 4.55 Å². The van der Waals surface area contributed by atoms with Gasteiger partial charge in [-0.15, -0.1) is 0 Å². The molecule has 5 nitrogen and oxygen atoms in total. The summed E-state index contributed by atoms with van der Waals surface area (Å²) in [5.74, 6) is -0.514. The molecule has 0 aliphatic carbocycles. The molecule has 2 rings (SSSR count). The molecule has 0 atom stereocenters. The van der Waals surface area contributed by atoms with Gasteiger partial charge in [-0.2, -0.15) is 8.42 Å². The third-order valence-corrected chi connectivity index (χ3v) is 3.09. The maximum atomic E-state index is 11.1. The monoisotopic (exact) mass is 240 g/mol. The first-order chi connectivity index (χ1) is 7.39. The fourth-order valence-corrected chi connectivity index (χ4v) is 2.26. The smallest absolute Gasteiger partial charge is 0.295 e. The van der Waals surface area contributed by atoms with Gasteiger partial charge in [-0.05, 0) is 12.1 Å². The maximum absolute atomic E-state index is 11.1. The summed E-state index contributed by atoms with van der Waals surface area (Å²) >= 11 is 0. The van der Waals surface area contributed by atoms with Crippen LogP contribution in [-0.2, 0) is 10.1 Å². The number of phenolic OH excluding ortho intramolecular Hbond substituents is 2. The van der Waals surface area contributed by atoms with Gasteiger partial charge in [0.2, 0.25) is 0 Å². The van der Waals surface area contributed by atoms with Crippen molar-refractivity contribution in [2.24, 2.45) is 0 Å². The Labute approximate surface area is 91.3 Å². The molecule has 0 heterocycles. The van der Waals surface area contributed by atoms with Gasteiger partial charge < -0.3 is 10.2 Å². The van der Waals surface area contributed by atoms with Crippen molar-refractivity contribution in [3.05, 3.63) is 30.3 Å². The minimum absolute atomic E-state index is 0.153. The highest BCUT2D eigenvalue weighted by atomic mass is 32.2. The lowest BCUT2D eigenvalue weighted by Crippen LogP contribution is -1.98. The van der Waals surface area contributed by atoms with Crippen molar-refractivity contribution in [3.8, 4) is 11.5 Å². The average Bonchev–Trinajstić information content (AvgIpc) is 2.17. The van der Waals surface area contributed by atoms with E-state index in [0.717, 1.165) is 6.07 Å². The second kappa shape index (κ2) is 3.36. The zero-order valence-corrected chi connectivity index (χ0v) is 8.77. The van der Waals surface area contributed by atoms with Crippen molar-refractivity contribution in [2.45, 2.75) is 4.90 Å². The SMILES string of the molecule is O=S(=O)(O)c1cc(O)cc2c(O)cccc12. The van der Waals surface area contributed by atoms with Crippen LogP contribution in [0.25, 0.3) is 10.8 Å². The van der Waals surface area contributed by atoms with E-state index in [-0.39, 0.29) is 22.3 Å². The number of rotatable bonds is 1. The zero-order valence-electron chi connectivity index (χ0n) is 7.95. The molecule has 0 aromatic heterocycles. The first-order valence-electron chi connectivity index (χ1n) is 4.32. The van der Waals surface area contributed by atoms with Crippen LogP contribution in [0.1, 0.15) is 0 Å². The van der Waals surface area contributed by atoms with Gasteiger partial charge in [-0.3, -0.25) is 4.55 Å². The molecule has 0 bridgehead atoms. The van der Waals surface area contributed by atoms with Gasteiger partial charge in [-0.1, -0.05) is 12.1 Å².